The van der Waals surface area contributed by atoms with Gasteiger partial charge in [-0.1, -0.05) is 41.5 Å². The number of carbonyl (C=O) groups is 1. The zero-order valence-corrected chi connectivity index (χ0v) is 11.5. The molecule has 0 saturated carbocycles. The van der Waals surface area contributed by atoms with Gasteiger partial charge < -0.3 is 10.4 Å². The molecule has 0 radical (unpaired) electrons. The van der Waals surface area contributed by atoms with Crippen molar-refractivity contribution in [3.63, 3.8) is 0 Å². The summed E-state index contributed by atoms with van der Waals surface area (Å²) in [5.74, 6) is 0.461. The summed E-state index contributed by atoms with van der Waals surface area (Å²) < 4.78 is 0. The largest absolute Gasteiger partial charge is 0.394 e. The van der Waals surface area contributed by atoms with Gasteiger partial charge in [-0.05, 0) is 17.8 Å². The van der Waals surface area contributed by atoms with Crippen molar-refractivity contribution in [2.75, 3.05) is 6.61 Å². The average molecular weight is 229 g/mol. The number of hydrogen-bond donors (Lipinski definition) is 2. The zero-order valence-electron chi connectivity index (χ0n) is 11.5. The molecule has 0 saturated heterocycles. The summed E-state index contributed by atoms with van der Waals surface area (Å²) in [6.07, 6.45) is 0.819. The van der Waals surface area contributed by atoms with E-state index in [0.29, 0.717) is 5.92 Å². The second kappa shape index (κ2) is 6.24. The fraction of sp³-hybridized carbons (Fsp3) is 0.923. The molecule has 3 nitrogen and oxygen atoms in total. The highest BCUT2D eigenvalue weighted by Gasteiger charge is 2.28. The van der Waals surface area contributed by atoms with Gasteiger partial charge in [0.1, 0.15) is 0 Å². The Hall–Kier alpha value is -0.570. The highest BCUT2D eigenvalue weighted by atomic mass is 16.3. The van der Waals surface area contributed by atoms with Crippen LogP contribution < -0.4 is 5.32 Å². The Morgan fingerprint density at radius 3 is 2.06 bits per heavy atom. The molecule has 0 heterocycles. The molecule has 1 amide bonds. The summed E-state index contributed by atoms with van der Waals surface area (Å²) in [4.78, 5) is 11.9. The molecule has 96 valence electrons. The van der Waals surface area contributed by atoms with Gasteiger partial charge in [0.2, 0.25) is 5.91 Å². The van der Waals surface area contributed by atoms with Crippen LogP contribution in [0.1, 0.15) is 48.0 Å². The van der Waals surface area contributed by atoms with Gasteiger partial charge in [-0.15, -0.1) is 0 Å². The standard InChI is InChI=1S/C13H27NO2/c1-9(2)7-11(8-15)14-12(16)10(3)13(4,5)6/h9-11,15H,7-8H2,1-6H3,(H,14,16)/t10-,11+/m1/s1. The summed E-state index contributed by atoms with van der Waals surface area (Å²) in [5, 5.41) is 12.1. The molecule has 2 atom stereocenters. The number of amides is 1. The van der Waals surface area contributed by atoms with Gasteiger partial charge >= 0.3 is 0 Å². The van der Waals surface area contributed by atoms with Gasteiger partial charge in [0.05, 0.1) is 12.6 Å². The summed E-state index contributed by atoms with van der Waals surface area (Å²) in [7, 11) is 0. The van der Waals surface area contributed by atoms with E-state index in [-0.39, 0.29) is 29.9 Å². The first kappa shape index (κ1) is 15.4. The van der Waals surface area contributed by atoms with E-state index in [1.807, 2.05) is 27.7 Å². The number of rotatable bonds is 5. The minimum Gasteiger partial charge on any atom is -0.394 e. The number of aliphatic hydroxyl groups is 1. The van der Waals surface area contributed by atoms with Crippen LogP contribution in [0.25, 0.3) is 0 Å². The van der Waals surface area contributed by atoms with Crippen LogP contribution in [0.4, 0.5) is 0 Å². The second-order valence-electron chi connectivity index (χ2n) is 6.11. The maximum atomic E-state index is 11.9. The van der Waals surface area contributed by atoms with Crippen molar-refractivity contribution in [2.45, 2.75) is 54.0 Å². The molecule has 0 fully saturated rings. The Bertz CT molecular complexity index is 218. The molecule has 0 bridgehead atoms. The lowest BCUT2D eigenvalue weighted by molar-refractivity contribution is -0.128. The SMILES string of the molecule is CC(C)C[C@@H](CO)NC(=O)[C@@H](C)C(C)(C)C. The highest BCUT2D eigenvalue weighted by molar-refractivity contribution is 5.79. The van der Waals surface area contributed by atoms with Gasteiger partial charge in [0, 0.05) is 5.92 Å². The number of aliphatic hydroxyl groups excluding tert-OH is 1. The molecule has 0 aliphatic carbocycles. The third kappa shape index (κ3) is 5.50. The van der Waals surface area contributed by atoms with Crippen molar-refractivity contribution >= 4 is 5.91 Å². The minimum absolute atomic E-state index is 0.0147. The van der Waals surface area contributed by atoms with Crippen LogP contribution in [0.5, 0.6) is 0 Å². The normalized spacial score (nSPS) is 16.0. The van der Waals surface area contributed by atoms with E-state index >= 15 is 0 Å². The minimum atomic E-state index is -0.114. The fourth-order valence-corrected chi connectivity index (χ4v) is 1.47. The number of hydrogen-bond acceptors (Lipinski definition) is 2. The highest BCUT2D eigenvalue weighted by Crippen LogP contribution is 2.25. The van der Waals surface area contributed by atoms with E-state index < -0.39 is 0 Å². The second-order valence-corrected chi connectivity index (χ2v) is 6.11. The quantitative estimate of drug-likeness (QED) is 0.759. The molecule has 0 spiro atoms. The molecular formula is C13H27NO2. The summed E-state index contributed by atoms with van der Waals surface area (Å²) in [6, 6.07) is -0.114. The predicted octanol–water partition coefficient (Wildman–Crippen LogP) is 2.19. The van der Waals surface area contributed by atoms with Gasteiger partial charge in [-0.2, -0.15) is 0 Å². The van der Waals surface area contributed by atoms with Crippen LogP contribution in [0, 0.1) is 17.3 Å². The lowest BCUT2D eigenvalue weighted by Gasteiger charge is -2.28. The first-order valence-corrected chi connectivity index (χ1v) is 6.09. The molecule has 0 aromatic heterocycles. The average Bonchev–Trinajstić information content (AvgIpc) is 2.13. The monoisotopic (exact) mass is 229 g/mol. The summed E-state index contributed by atoms with van der Waals surface area (Å²) in [5.41, 5.74) is -0.0398. The van der Waals surface area contributed by atoms with Gasteiger partial charge in [-0.3, -0.25) is 4.79 Å². The number of carbonyl (C=O) groups excluding carboxylic acids is 1. The van der Waals surface area contributed by atoms with E-state index in [2.05, 4.69) is 19.2 Å². The third-order valence-corrected chi connectivity index (χ3v) is 3.02. The van der Waals surface area contributed by atoms with Crippen LogP contribution in [0.2, 0.25) is 0 Å². The van der Waals surface area contributed by atoms with E-state index in [1.54, 1.807) is 0 Å². The van der Waals surface area contributed by atoms with Crippen molar-refractivity contribution in [2.24, 2.45) is 17.3 Å². The van der Waals surface area contributed by atoms with Gasteiger partial charge in [-0.25, -0.2) is 0 Å². The number of nitrogens with one attached hydrogen (secondary N) is 1. The Morgan fingerprint density at radius 2 is 1.75 bits per heavy atom. The molecular weight excluding hydrogens is 202 g/mol. The van der Waals surface area contributed by atoms with Crippen LogP contribution in [0.15, 0.2) is 0 Å². The van der Waals surface area contributed by atoms with E-state index in [1.165, 1.54) is 0 Å². The van der Waals surface area contributed by atoms with Crippen molar-refractivity contribution in [3.8, 4) is 0 Å². The van der Waals surface area contributed by atoms with Crippen molar-refractivity contribution < 1.29 is 9.90 Å². The zero-order chi connectivity index (χ0) is 12.9. The molecule has 0 aromatic rings. The van der Waals surface area contributed by atoms with E-state index in [9.17, 15) is 9.90 Å². The third-order valence-electron chi connectivity index (χ3n) is 3.02. The Balaban J connectivity index is 4.31. The Kier molecular flexibility index (Phi) is 6.01. The van der Waals surface area contributed by atoms with E-state index in [4.69, 9.17) is 0 Å². The van der Waals surface area contributed by atoms with Crippen molar-refractivity contribution in [1.29, 1.82) is 0 Å². The lowest BCUT2D eigenvalue weighted by Crippen LogP contribution is -2.44. The van der Waals surface area contributed by atoms with Crippen molar-refractivity contribution in [1.82, 2.24) is 5.32 Å². The lowest BCUT2D eigenvalue weighted by atomic mass is 9.81. The van der Waals surface area contributed by atoms with Crippen LogP contribution in [-0.2, 0) is 4.79 Å². The van der Waals surface area contributed by atoms with Crippen LogP contribution in [0.3, 0.4) is 0 Å². The Morgan fingerprint density at radius 1 is 1.25 bits per heavy atom. The first-order valence-electron chi connectivity index (χ1n) is 6.09. The topological polar surface area (TPSA) is 49.3 Å². The van der Waals surface area contributed by atoms with Crippen LogP contribution >= 0.6 is 0 Å². The van der Waals surface area contributed by atoms with Gasteiger partial charge in [0.25, 0.3) is 0 Å². The van der Waals surface area contributed by atoms with Crippen LogP contribution in [-0.4, -0.2) is 23.7 Å². The molecule has 0 aliphatic rings. The van der Waals surface area contributed by atoms with E-state index in [0.717, 1.165) is 6.42 Å². The predicted molar refractivity (Wildman–Crippen MR) is 67.1 cm³/mol. The summed E-state index contributed by atoms with van der Waals surface area (Å²) >= 11 is 0. The molecule has 0 aromatic carbocycles. The molecule has 3 heteroatoms. The molecule has 0 rings (SSSR count). The molecule has 0 aliphatic heterocycles. The van der Waals surface area contributed by atoms with Gasteiger partial charge in [0.15, 0.2) is 0 Å². The molecule has 2 N–H and O–H groups in total. The smallest absolute Gasteiger partial charge is 0.223 e. The maximum absolute atomic E-state index is 11.9. The summed E-state index contributed by atoms with van der Waals surface area (Å²) in [6.45, 7) is 12.3. The first-order chi connectivity index (χ1) is 7.18. The Labute approximate surface area is 99.6 Å². The maximum Gasteiger partial charge on any atom is 0.223 e. The molecule has 16 heavy (non-hydrogen) atoms. The van der Waals surface area contributed by atoms with Crippen molar-refractivity contribution in [3.05, 3.63) is 0 Å². The fourth-order valence-electron chi connectivity index (χ4n) is 1.47. The molecule has 0 unspecified atom stereocenters.